The third kappa shape index (κ3) is 3.47. The fourth-order valence-corrected chi connectivity index (χ4v) is 3.32. The molecule has 2 amide bonds. The summed E-state index contributed by atoms with van der Waals surface area (Å²) in [7, 11) is 0. The molecule has 5 nitrogen and oxygen atoms in total. The summed E-state index contributed by atoms with van der Waals surface area (Å²) in [4.78, 5) is 27.3. The number of piperazine rings is 1. The van der Waals surface area contributed by atoms with Gasteiger partial charge >= 0.3 is 12.3 Å². The number of rotatable bonds is 2. The number of carbonyl (C=O) groups is 2. The molecule has 0 aromatic heterocycles. The first-order valence-electron chi connectivity index (χ1n) is 8.24. The summed E-state index contributed by atoms with van der Waals surface area (Å²) in [6, 6.07) is 5.81. The van der Waals surface area contributed by atoms with Crippen LogP contribution in [0.15, 0.2) is 24.3 Å². The van der Waals surface area contributed by atoms with Crippen LogP contribution < -0.4 is 4.74 Å². The van der Waals surface area contributed by atoms with Gasteiger partial charge in [0.25, 0.3) is 0 Å². The van der Waals surface area contributed by atoms with Gasteiger partial charge in [0.15, 0.2) is 0 Å². The van der Waals surface area contributed by atoms with Crippen LogP contribution in [-0.2, 0) is 4.79 Å². The Balaban J connectivity index is 1.62. The van der Waals surface area contributed by atoms with Crippen molar-refractivity contribution in [2.75, 3.05) is 19.6 Å². The Kier molecular flexibility index (Phi) is 4.81. The SMILES string of the molecule is CC1CN(C(=O)Oc2cccc(Cl)c2)CCN1C(=O)C1(C(F)(F)F)CC1. The van der Waals surface area contributed by atoms with E-state index in [2.05, 4.69) is 0 Å². The van der Waals surface area contributed by atoms with Crippen molar-refractivity contribution in [3.63, 3.8) is 0 Å². The van der Waals surface area contributed by atoms with Crippen LogP contribution >= 0.6 is 11.6 Å². The van der Waals surface area contributed by atoms with Crippen LogP contribution in [0.4, 0.5) is 18.0 Å². The van der Waals surface area contributed by atoms with E-state index in [1.165, 1.54) is 15.9 Å². The van der Waals surface area contributed by atoms with Gasteiger partial charge in [-0.2, -0.15) is 13.2 Å². The number of hydrogen-bond donors (Lipinski definition) is 0. The lowest BCUT2D eigenvalue weighted by Gasteiger charge is -2.41. The van der Waals surface area contributed by atoms with E-state index < -0.39 is 29.6 Å². The minimum absolute atomic E-state index is 0.0441. The Morgan fingerprint density at radius 3 is 2.50 bits per heavy atom. The lowest BCUT2D eigenvalue weighted by atomic mass is 10.0. The number of amides is 2. The number of hydrogen-bond acceptors (Lipinski definition) is 3. The average Bonchev–Trinajstić information content (AvgIpc) is 3.35. The molecule has 3 rings (SSSR count). The second-order valence-corrected chi connectivity index (χ2v) is 7.14. The zero-order chi connectivity index (χ0) is 19.1. The molecule has 0 spiro atoms. The molecule has 142 valence electrons. The third-order valence-electron chi connectivity index (χ3n) is 4.85. The second-order valence-electron chi connectivity index (χ2n) is 6.70. The van der Waals surface area contributed by atoms with E-state index >= 15 is 0 Å². The number of benzene rings is 1. The Morgan fingerprint density at radius 1 is 1.27 bits per heavy atom. The van der Waals surface area contributed by atoms with E-state index in [1.54, 1.807) is 25.1 Å². The van der Waals surface area contributed by atoms with Crippen molar-refractivity contribution in [2.45, 2.75) is 32.0 Å². The average molecular weight is 391 g/mol. The second kappa shape index (κ2) is 6.64. The number of nitrogens with zero attached hydrogens (tertiary/aromatic N) is 2. The fraction of sp³-hybridized carbons (Fsp3) is 0.529. The summed E-state index contributed by atoms with van der Waals surface area (Å²) in [5.41, 5.74) is -2.23. The molecule has 0 N–H and O–H groups in total. The Bertz CT molecular complexity index is 721. The van der Waals surface area contributed by atoms with Crippen molar-refractivity contribution >= 4 is 23.6 Å². The first kappa shape index (κ1) is 18.8. The van der Waals surface area contributed by atoms with Gasteiger partial charge in [-0.1, -0.05) is 17.7 Å². The Labute approximate surface area is 153 Å². The normalized spacial score (nSPS) is 22.1. The van der Waals surface area contributed by atoms with Gasteiger partial charge in [0.2, 0.25) is 5.91 Å². The van der Waals surface area contributed by atoms with Crippen molar-refractivity contribution in [1.29, 1.82) is 0 Å². The van der Waals surface area contributed by atoms with Crippen LogP contribution in [0.2, 0.25) is 5.02 Å². The lowest BCUT2D eigenvalue weighted by molar-refractivity contribution is -0.200. The monoisotopic (exact) mass is 390 g/mol. The highest BCUT2D eigenvalue weighted by Crippen LogP contribution is 2.58. The zero-order valence-electron chi connectivity index (χ0n) is 14.1. The highest BCUT2D eigenvalue weighted by Gasteiger charge is 2.69. The predicted molar refractivity (Wildman–Crippen MR) is 87.9 cm³/mol. The van der Waals surface area contributed by atoms with Gasteiger partial charge in [-0.15, -0.1) is 0 Å². The fourth-order valence-electron chi connectivity index (χ4n) is 3.14. The molecule has 0 bridgehead atoms. The molecule has 1 aliphatic carbocycles. The van der Waals surface area contributed by atoms with Crippen LogP contribution in [0.5, 0.6) is 5.75 Å². The first-order chi connectivity index (χ1) is 12.1. The van der Waals surface area contributed by atoms with Crippen LogP contribution in [-0.4, -0.2) is 53.7 Å². The van der Waals surface area contributed by atoms with Crippen LogP contribution in [0, 0.1) is 5.41 Å². The molecule has 1 aliphatic heterocycles. The van der Waals surface area contributed by atoms with Crippen molar-refractivity contribution in [2.24, 2.45) is 5.41 Å². The van der Waals surface area contributed by atoms with Gasteiger partial charge in [-0.3, -0.25) is 4.79 Å². The highest BCUT2D eigenvalue weighted by molar-refractivity contribution is 6.30. The number of ether oxygens (including phenoxy) is 1. The summed E-state index contributed by atoms with van der Waals surface area (Å²) in [6.45, 7) is 1.90. The summed E-state index contributed by atoms with van der Waals surface area (Å²) >= 11 is 5.84. The van der Waals surface area contributed by atoms with Crippen LogP contribution in [0.1, 0.15) is 19.8 Å². The molecule has 1 heterocycles. The number of halogens is 4. The van der Waals surface area contributed by atoms with Crippen LogP contribution in [0.3, 0.4) is 0 Å². The Hall–Kier alpha value is -1.96. The number of alkyl halides is 3. The van der Waals surface area contributed by atoms with Crippen molar-refractivity contribution in [3.05, 3.63) is 29.3 Å². The third-order valence-corrected chi connectivity index (χ3v) is 5.08. The molecule has 1 aromatic rings. The van der Waals surface area contributed by atoms with E-state index in [9.17, 15) is 22.8 Å². The molecule has 1 saturated heterocycles. The molecule has 2 aliphatic rings. The summed E-state index contributed by atoms with van der Waals surface area (Å²) < 4.78 is 44.7. The number of carbonyl (C=O) groups excluding carboxylic acids is 2. The van der Waals surface area contributed by atoms with E-state index in [-0.39, 0.29) is 38.2 Å². The smallest absolute Gasteiger partial charge is 0.410 e. The Morgan fingerprint density at radius 2 is 1.96 bits per heavy atom. The van der Waals surface area contributed by atoms with Gasteiger partial charge in [0.1, 0.15) is 11.2 Å². The molecule has 2 fully saturated rings. The van der Waals surface area contributed by atoms with Gasteiger partial charge in [0, 0.05) is 30.7 Å². The van der Waals surface area contributed by atoms with E-state index in [0.717, 1.165) is 0 Å². The zero-order valence-corrected chi connectivity index (χ0v) is 14.8. The van der Waals surface area contributed by atoms with Crippen molar-refractivity contribution < 1.29 is 27.5 Å². The van der Waals surface area contributed by atoms with E-state index in [4.69, 9.17) is 16.3 Å². The van der Waals surface area contributed by atoms with Gasteiger partial charge < -0.3 is 14.5 Å². The first-order valence-corrected chi connectivity index (χ1v) is 8.62. The van der Waals surface area contributed by atoms with E-state index in [0.29, 0.717) is 5.02 Å². The van der Waals surface area contributed by atoms with Gasteiger partial charge in [0.05, 0.1) is 0 Å². The molecule has 1 saturated carbocycles. The van der Waals surface area contributed by atoms with Gasteiger partial charge in [-0.05, 0) is 38.0 Å². The maximum atomic E-state index is 13.2. The van der Waals surface area contributed by atoms with Crippen molar-refractivity contribution in [1.82, 2.24) is 9.80 Å². The largest absolute Gasteiger partial charge is 0.415 e. The standard InChI is InChI=1S/C17H18ClF3N2O3/c1-11-10-22(15(25)26-13-4-2-3-12(18)9-13)7-8-23(11)14(24)16(5-6-16)17(19,20)21/h2-4,9,11H,5-8,10H2,1H3. The summed E-state index contributed by atoms with van der Waals surface area (Å²) in [5, 5.41) is 0.418. The molecule has 9 heteroatoms. The molecule has 1 aromatic carbocycles. The summed E-state index contributed by atoms with van der Waals surface area (Å²) in [5.74, 6) is -0.608. The molecule has 26 heavy (non-hydrogen) atoms. The molecule has 1 unspecified atom stereocenters. The highest BCUT2D eigenvalue weighted by atomic mass is 35.5. The molecule has 0 radical (unpaired) electrons. The van der Waals surface area contributed by atoms with Crippen molar-refractivity contribution in [3.8, 4) is 5.75 Å². The molecule has 1 atom stereocenters. The lowest BCUT2D eigenvalue weighted by Crippen LogP contribution is -2.58. The minimum atomic E-state index is -4.54. The maximum absolute atomic E-state index is 13.2. The van der Waals surface area contributed by atoms with Crippen LogP contribution in [0.25, 0.3) is 0 Å². The predicted octanol–water partition coefficient (Wildman–Crippen LogP) is 3.71. The maximum Gasteiger partial charge on any atom is 0.415 e. The topological polar surface area (TPSA) is 49.9 Å². The quantitative estimate of drug-likeness (QED) is 0.773. The minimum Gasteiger partial charge on any atom is -0.410 e. The van der Waals surface area contributed by atoms with E-state index in [1.807, 2.05) is 0 Å². The molecular weight excluding hydrogens is 373 g/mol. The van der Waals surface area contributed by atoms with Gasteiger partial charge in [-0.25, -0.2) is 4.79 Å². The molecular formula is C17H18ClF3N2O3. The summed E-state index contributed by atoms with van der Waals surface area (Å²) in [6.07, 6.45) is -5.49.